The highest BCUT2D eigenvalue weighted by atomic mass is 19.4. The number of phenolic OH excluding ortho intramolecular Hbond substituents is 1. The molecule has 2 heterocycles. The van der Waals surface area contributed by atoms with Crippen molar-refractivity contribution in [2.75, 3.05) is 20.1 Å². The number of carbonyl (C=O) groups excluding carboxylic acids is 1. The lowest BCUT2D eigenvalue weighted by Gasteiger charge is -2.60. The van der Waals surface area contributed by atoms with Crippen LogP contribution in [0.15, 0.2) is 66.7 Å². The standard InChI is InChI=1S/C35H33F3N2O3/c1-39(30(42)16-9-23-7-11-25(12-8-23)35(36,37)38)27-14-13-26-28-21-24-10-15-29(41)32-31(24)34(26,33(27)43-32)18-20-40(28)19-17-22-5-3-2-4-6-22/h2-8,10-12,15,26-28,33,41H,13-14,17-21H2,1H3/t26-,27-,28+,33-,34-/m0/s1. The van der Waals surface area contributed by atoms with E-state index in [2.05, 4.69) is 41.0 Å². The van der Waals surface area contributed by atoms with Crippen LogP contribution < -0.4 is 4.74 Å². The van der Waals surface area contributed by atoms with Gasteiger partial charge in [-0.2, -0.15) is 13.2 Å². The third kappa shape index (κ3) is 4.56. The summed E-state index contributed by atoms with van der Waals surface area (Å²) < 4.78 is 45.4. The molecule has 1 saturated carbocycles. The van der Waals surface area contributed by atoms with Gasteiger partial charge in [0, 0.05) is 42.1 Å². The molecule has 1 spiro atoms. The Bertz CT molecular complexity index is 1610. The Morgan fingerprint density at radius 3 is 2.60 bits per heavy atom. The lowest BCUT2D eigenvalue weighted by atomic mass is 9.51. The quantitative estimate of drug-likeness (QED) is 0.406. The van der Waals surface area contributed by atoms with Crippen LogP contribution in [0.1, 0.15) is 47.1 Å². The molecule has 222 valence electrons. The number of aromatic hydroxyl groups is 1. The number of alkyl halides is 3. The van der Waals surface area contributed by atoms with E-state index in [1.165, 1.54) is 23.3 Å². The number of benzene rings is 3. The first-order valence-electron chi connectivity index (χ1n) is 14.9. The van der Waals surface area contributed by atoms with Crippen molar-refractivity contribution in [1.82, 2.24) is 9.80 Å². The number of likely N-dealkylation sites (N-methyl/N-ethyl adjacent to an activating group) is 1. The predicted octanol–water partition coefficient (Wildman–Crippen LogP) is 5.57. The Labute approximate surface area is 249 Å². The summed E-state index contributed by atoms with van der Waals surface area (Å²) in [5.41, 5.74) is 2.97. The molecule has 8 heteroatoms. The molecule has 3 aromatic carbocycles. The van der Waals surface area contributed by atoms with E-state index in [0.29, 0.717) is 23.3 Å². The van der Waals surface area contributed by atoms with Crippen LogP contribution in [0, 0.1) is 17.8 Å². The molecule has 0 aromatic heterocycles. The highest BCUT2D eigenvalue weighted by Gasteiger charge is 2.66. The van der Waals surface area contributed by atoms with Crippen molar-refractivity contribution < 1.29 is 27.8 Å². The molecule has 0 unspecified atom stereocenters. The Hall–Kier alpha value is -3.96. The lowest BCUT2D eigenvalue weighted by Crippen LogP contribution is -2.69. The molecule has 4 aliphatic rings. The summed E-state index contributed by atoms with van der Waals surface area (Å²) in [6.07, 6.45) is -0.283. The fourth-order valence-electron chi connectivity index (χ4n) is 8.30. The monoisotopic (exact) mass is 586 g/mol. The normalized spacial score (nSPS) is 27.0. The number of hydrogen-bond acceptors (Lipinski definition) is 4. The maximum absolute atomic E-state index is 13.3. The average molecular weight is 587 g/mol. The molecule has 7 rings (SSSR count). The largest absolute Gasteiger partial charge is 0.504 e. The number of hydrogen-bond donors (Lipinski definition) is 1. The van der Waals surface area contributed by atoms with Crippen LogP contribution >= 0.6 is 0 Å². The number of likely N-dealkylation sites (tertiary alicyclic amines) is 1. The molecule has 2 aliphatic carbocycles. The first-order chi connectivity index (χ1) is 20.7. The van der Waals surface area contributed by atoms with Crippen LogP contribution in [-0.2, 0) is 29.2 Å². The van der Waals surface area contributed by atoms with E-state index in [-0.39, 0.29) is 23.3 Å². The van der Waals surface area contributed by atoms with E-state index in [1.54, 1.807) is 18.0 Å². The molecule has 2 fully saturated rings. The van der Waals surface area contributed by atoms with E-state index < -0.39 is 17.6 Å². The van der Waals surface area contributed by atoms with Crippen molar-refractivity contribution in [1.29, 1.82) is 0 Å². The molecule has 5 atom stereocenters. The third-order valence-electron chi connectivity index (χ3n) is 10.3. The van der Waals surface area contributed by atoms with E-state index in [0.717, 1.165) is 62.9 Å². The van der Waals surface area contributed by atoms with Crippen LogP contribution in [0.5, 0.6) is 11.5 Å². The second-order valence-electron chi connectivity index (χ2n) is 12.3. The summed E-state index contributed by atoms with van der Waals surface area (Å²) in [7, 11) is 1.73. The number of rotatable bonds is 4. The number of ether oxygens (including phenoxy) is 1. The molecule has 3 aromatic rings. The minimum absolute atomic E-state index is 0.140. The highest BCUT2D eigenvalue weighted by molar-refractivity contribution is 5.94. The van der Waals surface area contributed by atoms with Crippen LogP contribution in [0.25, 0.3) is 0 Å². The molecule has 1 amide bonds. The third-order valence-corrected chi connectivity index (χ3v) is 10.3. The topological polar surface area (TPSA) is 53.0 Å². The molecule has 2 bridgehead atoms. The van der Waals surface area contributed by atoms with Gasteiger partial charge in [0.25, 0.3) is 5.91 Å². The van der Waals surface area contributed by atoms with Crippen LogP contribution in [0.2, 0.25) is 0 Å². The summed E-state index contributed by atoms with van der Waals surface area (Å²) >= 11 is 0. The highest BCUT2D eigenvalue weighted by Crippen LogP contribution is 2.64. The first-order valence-corrected chi connectivity index (χ1v) is 14.9. The Morgan fingerprint density at radius 1 is 1.09 bits per heavy atom. The van der Waals surface area contributed by atoms with Gasteiger partial charge in [-0.1, -0.05) is 42.3 Å². The zero-order chi connectivity index (χ0) is 29.9. The first kappa shape index (κ1) is 27.8. The molecule has 0 radical (unpaired) electrons. The van der Waals surface area contributed by atoms with E-state index >= 15 is 0 Å². The second kappa shape index (κ2) is 10.3. The fourth-order valence-corrected chi connectivity index (χ4v) is 8.30. The maximum Gasteiger partial charge on any atom is 0.416 e. The SMILES string of the molecule is CN(C(=O)C#Cc1ccc(C(F)(F)F)cc1)[C@H]1CC[C@H]2[C@H]3Cc4ccc(O)c5c4[C@@]2(CCN3CCc2ccccc2)[C@H]1O5. The van der Waals surface area contributed by atoms with Crippen LogP contribution in [0.4, 0.5) is 13.2 Å². The summed E-state index contributed by atoms with van der Waals surface area (Å²) in [4.78, 5) is 17.6. The second-order valence-corrected chi connectivity index (χ2v) is 12.3. The molecular weight excluding hydrogens is 553 g/mol. The molecule has 1 N–H and O–H groups in total. The van der Waals surface area contributed by atoms with Gasteiger partial charge in [0.1, 0.15) is 6.10 Å². The van der Waals surface area contributed by atoms with E-state index in [4.69, 9.17) is 4.74 Å². The summed E-state index contributed by atoms with van der Waals surface area (Å²) in [5, 5.41) is 10.9. The van der Waals surface area contributed by atoms with Crippen LogP contribution in [-0.4, -0.2) is 59.1 Å². The number of piperidine rings is 1. The lowest BCUT2D eigenvalue weighted by molar-refractivity contribution is -0.137. The van der Waals surface area contributed by atoms with Crippen molar-refractivity contribution in [2.24, 2.45) is 5.92 Å². The molecule has 1 saturated heterocycles. The fraction of sp³-hybridized carbons (Fsp3) is 0.400. The number of halogens is 3. The minimum atomic E-state index is -4.43. The Kier molecular flexibility index (Phi) is 6.70. The van der Waals surface area contributed by atoms with Gasteiger partial charge in [0.15, 0.2) is 11.5 Å². The Morgan fingerprint density at radius 2 is 1.86 bits per heavy atom. The van der Waals surface area contributed by atoms with Gasteiger partial charge in [0.2, 0.25) is 0 Å². The van der Waals surface area contributed by atoms with Crippen molar-refractivity contribution in [2.45, 2.75) is 61.9 Å². The van der Waals surface area contributed by atoms with Crippen molar-refractivity contribution in [3.05, 3.63) is 94.5 Å². The van der Waals surface area contributed by atoms with Crippen molar-refractivity contribution >= 4 is 5.91 Å². The summed E-state index contributed by atoms with van der Waals surface area (Å²) in [6, 6.07) is 18.9. The van der Waals surface area contributed by atoms with Gasteiger partial charge >= 0.3 is 6.18 Å². The van der Waals surface area contributed by atoms with E-state index in [1.807, 2.05) is 12.1 Å². The smallest absolute Gasteiger partial charge is 0.416 e. The maximum atomic E-state index is 13.3. The van der Waals surface area contributed by atoms with Gasteiger partial charge < -0.3 is 14.7 Å². The van der Waals surface area contributed by atoms with Gasteiger partial charge in [-0.15, -0.1) is 0 Å². The van der Waals surface area contributed by atoms with Crippen LogP contribution in [0.3, 0.4) is 0 Å². The predicted molar refractivity (Wildman–Crippen MR) is 156 cm³/mol. The molecule has 5 nitrogen and oxygen atoms in total. The van der Waals surface area contributed by atoms with Gasteiger partial charge in [-0.05, 0) is 86.0 Å². The average Bonchev–Trinajstić information content (AvgIpc) is 3.36. The van der Waals surface area contributed by atoms with Gasteiger partial charge in [-0.3, -0.25) is 9.69 Å². The zero-order valence-electron chi connectivity index (χ0n) is 23.9. The minimum Gasteiger partial charge on any atom is -0.504 e. The van der Waals surface area contributed by atoms with E-state index in [9.17, 15) is 23.1 Å². The number of carbonyl (C=O) groups is 1. The Balaban J connectivity index is 1.15. The number of nitrogens with zero attached hydrogens (tertiary/aromatic N) is 2. The molecule has 2 aliphatic heterocycles. The molecular formula is C35H33F3N2O3. The van der Waals surface area contributed by atoms with Crippen molar-refractivity contribution in [3.63, 3.8) is 0 Å². The summed E-state index contributed by atoms with van der Waals surface area (Å²) in [6.45, 7) is 1.90. The van der Waals surface area contributed by atoms with Crippen molar-refractivity contribution in [3.8, 4) is 23.3 Å². The zero-order valence-corrected chi connectivity index (χ0v) is 23.9. The number of amides is 1. The van der Waals surface area contributed by atoms with Gasteiger partial charge in [0.05, 0.1) is 11.6 Å². The summed E-state index contributed by atoms with van der Waals surface area (Å²) in [5.74, 6) is 6.01. The van der Waals surface area contributed by atoms with Gasteiger partial charge in [-0.25, -0.2) is 0 Å². The molecule has 43 heavy (non-hydrogen) atoms. The number of phenols is 1.